The molecule has 0 atom stereocenters. The Labute approximate surface area is 178 Å². The number of thiophene rings is 1. The summed E-state index contributed by atoms with van der Waals surface area (Å²) in [6.45, 7) is 10.0. The zero-order valence-electron chi connectivity index (χ0n) is 16.6. The molecule has 1 amide bonds. The number of aromatic nitrogens is 3. The summed E-state index contributed by atoms with van der Waals surface area (Å²) in [6.07, 6.45) is 1.79. The molecule has 0 unspecified atom stereocenters. The van der Waals surface area contributed by atoms with Crippen molar-refractivity contribution in [3.05, 3.63) is 58.3 Å². The van der Waals surface area contributed by atoms with Crippen LogP contribution in [0.1, 0.15) is 27.7 Å². The van der Waals surface area contributed by atoms with E-state index < -0.39 is 0 Å². The molecule has 150 valence electrons. The number of Topliss-reactive ketones (excluding diaryl/α,β-unsaturated/α-hetero) is 1. The van der Waals surface area contributed by atoms with Crippen molar-refractivity contribution in [1.29, 1.82) is 0 Å². The van der Waals surface area contributed by atoms with Gasteiger partial charge < -0.3 is 5.32 Å². The van der Waals surface area contributed by atoms with Gasteiger partial charge in [-0.05, 0) is 38.5 Å². The molecular weight excluding hydrogens is 404 g/mol. The predicted molar refractivity (Wildman–Crippen MR) is 119 cm³/mol. The number of allylic oxidation sites excluding steroid dienone is 1. The number of carbonyl (C=O) groups excluding carboxylic acids is 2. The van der Waals surface area contributed by atoms with E-state index in [1.165, 1.54) is 29.1 Å². The fourth-order valence-electron chi connectivity index (χ4n) is 2.77. The Kier molecular flexibility index (Phi) is 6.66. The lowest BCUT2D eigenvalue weighted by atomic mass is 10.1. The average molecular weight is 427 g/mol. The van der Waals surface area contributed by atoms with Gasteiger partial charge in [-0.25, -0.2) is 0 Å². The number of rotatable bonds is 8. The Morgan fingerprint density at radius 3 is 2.76 bits per heavy atom. The van der Waals surface area contributed by atoms with Crippen molar-refractivity contribution in [3.63, 3.8) is 0 Å². The number of hydrogen-bond acceptors (Lipinski definition) is 6. The second kappa shape index (κ2) is 9.19. The standard InChI is InChI=1S/C21H22N4O2S2/c1-5-9-25-20(18-11-28-15(4)13(18)2)23-24-21(25)29-12-19(27)22-17-8-6-7-16(10-17)14(3)26/h5-8,10-11H,1,9,12H2,2-4H3,(H,22,27). The monoisotopic (exact) mass is 426 g/mol. The summed E-state index contributed by atoms with van der Waals surface area (Å²) >= 11 is 3.00. The van der Waals surface area contributed by atoms with E-state index in [9.17, 15) is 9.59 Å². The van der Waals surface area contributed by atoms with E-state index in [4.69, 9.17) is 0 Å². The van der Waals surface area contributed by atoms with Crippen molar-refractivity contribution in [2.45, 2.75) is 32.5 Å². The molecular formula is C21H22N4O2S2. The molecule has 0 aliphatic rings. The van der Waals surface area contributed by atoms with E-state index in [0.717, 1.165) is 11.4 Å². The number of ketones is 1. The van der Waals surface area contributed by atoms with Crippen molar-refractivity contribution in [2.24, 2.45) is 0 Å². The molecule has 0 bridgehead atoms. The Bertz CT molecular complexity index is 1070. The minimum Gasteiger partial charge on any atom is -0.325 e. The summed E-state index contributed by atoms with van der Waals surface area (Å²) in [5, 5.41) is 14.2. The number of nitrogens with zero attached hydrogens (tertiary/aromatic N) is 3. The van der Waals surface area contributed by atoms with Crippen LogP contribution in [0.15, 0.2) is 47.5 Å². The molecule has 0 aliphatic carbocycles. The van der Waals surface area contributed by atoms with Crippen LogP contribution in [0.25, 0.3) is 11.4 Å². The van der Waals surface area contributed by atoms with Crippen LogP contribution in [0.2, 0.25) is 0 Å². The first kappa shape index (κ1) is 21.0. The van der Waals surface area contributed by atoms with Crippen molar-refractivity contribution in [2.75, 3.05) is 11.1 Å². The molecule has 0 fully saturated rings. The lowest BCUT2D eigenvalue weighted by Crippen LogP contribution is -2.15. The number of aryl methyl sites for hydroxylation is 1. The molecule has 1 N–H and O–H groups in total. The molecule has 8 heteroatoms. The van der Waals surface area contributed by atoms with Gasteiger partial charge in [0.1, 0.15) is 0 Å². The predicted octanol–water partition coefficient (Wildman–Crippen LogP) is 4.74. The number of carbonyl (C=O) groups is 2. The Balaban J connectivity index is 1.72. The molecule has 6 nitrogen and oxygen atoms in total. The van der Waals surface area contributed by atoms with Crippen molar-refractivity contribution in [1.82, 2.24) is 14.8 Å². The van der Waals surface area contributed by atoms with E-state index in [-0.39, 0.29) is 17.4 Å². The van der Waals surface area contributed by atoms with E-state index in [2.05, 4.69) is 41.3 Å². The summed E-state index contributed by atoms with van der Waals surface area (Å²) in [5.74, 6) is 0.748. The van der Waals surface area contributed by atoms with E-state index in [1.807, 2.05) is 4.57 Å². The number of benzene rings is 1. The summed E-state index contributed by atoms with van der Waals surface area (Å²) in [5.41, 5.74) is 3.40. The van der Waals surface area contributed by atoms with Gasteiger partial charge in [0.05, 0.1) is 5.75 Å². The number of nitrogens with one attached hydrogen (secondary N) is 1. The van der Waals surface area contributed by atoms with E-state index in [1.54, 1.807) is 41.7 Å². The highest BCUT2D eigenvalue weighted by Crippen LogP contribution is 2.31. The van der Waals surface area contributed by atoms with Crippen LogP contribution in [-0.4, -0.2) is 32.2 Å². The van der Waals surface area contributed by atoms with Crippen LogP contribution in [0.4, 0.5) is 5.69 Å². The minimum atomic E-state index is -0.173. The molecule has 2 aromatic heterocycles. The maximum Gasteiger partial charge on any atom is 0.234 e. The quantitative estimate of drug-likeness (QED) is 0.320. The summed E-state index contributed by atoms with van der Waals surface area (Å²) in [7, 11) is 0. The van der Waals surface area contributed by atoms with Crippen LogP contribution in [0.5, 0.6) is 0 Å². The second-order valence-corrected chi connectivity index (χ2v) is 8.54. The van der Waals surface area contributed by atoms with Crippen LogP contribution in [0.3, 0.4) is 0 Å². The number of hydrogen-bond donors (Lipinski definition) is 1. The molecule has 3 rings (SSSR count). The molecule has 3 aromatic rings. The van der Waals surface area contributed by atoms with Gasteiger partial charge in [0.25, 0.3) is 0 Å². The van der Waals surface area contributed by atoms with Gasteiger partial charge in [-0.15, -0.1) is 28.1 Å². The fourth-order valence-corrected chi connectivity index (χ4v) is 4.38. The molecule has 0 saturated heterocycles. The van der Waals surface area contributed by atoms with Crippen LogP contribution >= 0.6 is 23.1 Å². The second-order valence-electron chi connectivity index (χ2n) is 6.51. The summed E-state index contributed by atoms with van der Waals surface area (Å²) < 4.78 is 1.97. The largest absolute Gasteiger partial charge is 0.325 e. The van der Waals surface area contributed by atoms with Gasteiger partial charge in [-0.2, -0.15) is 0 Å². The van der Waals surface area contributed by atoms with Gasteiger partial charge in [-0.3, -0.25) is 14.2 Å². The number of anilines is 1. The third-order valence-electron chi connectivity index (χ3n) is 4.44. The first-order chi connectivity index (χ1) is 13.9. The van der Waals surface area contributed by atoms with Gasteiger partial charge in [0.15, 0.2) is 16.8 Å². The first-order valence-corrected chi connectivity index (χ1v) is 10.9. The third-order valence-corrected chi connectivity index (χ3v) is 6.42. The highest BCUT2D eigenvalue weighted by Gasteiger charge is 2.18. The topological polar surface area (TPSA) is 76.9 Å². The summed E-state index contributed by atoms with van der Waals surface area (Å²) in [4.78, 5) is 25.1. The Morgan fingerprint density at radius 2 is 2.10 bits per heavy atom. The third kappa shape index (κ3) is 4.83. The average Bonchev–Trinajstić information content (AvgIpc) is 3.24. The smallest absolute Gasteiger partial charge is 0.234 e. The van der Waals surface area contributed by atoms with Crippen LogP contribution in [-0.2, 0) is 11.3 Å². The lowest BCUT2D eigenvalue weighted by molar-refractivity contribution is -0.113. The molecule has 0 saturated carbocycles. The van der Waals surface area contributed by atoms with Gasteiger partial charge >= 0.3 is 0 Å². The highest BCUT2D eigenvalue weighted by molar-refractivity contribution is 7.99. The van der Waals surface area contributed by atoms with Crippen molar-refractivity contribution < 1.29 is 9.59 Å². The Hall–Kier alpha value is -2.71. The first-order valence-electron chi connectivity index (χ1n) is 9.03. The van der Waals surface area contributed by atoms with E-state index in [0.29, 0.717) is 23.0 Å². The lowest BCUT2D eigenvalue weighted by Gasteiger charge is -2.08. The van der Waals surface area contributed by atoms with Gasteiger partial charge in [0, 0.05) is 33.6 Å². The molecule has 29 heavy (non-hydrogen) atoms. The SMILES string of the molecule is C=CCn1c(SCC(=O)Nc2cccc(C(C)=O)c2)nnc1-c1csc(C)c1C. The molecule has 0 aliphatic heterocycles. The molecule has 0 radical (unpaired) electrons. The zero-order chi connectivity index (χ0) is 21.0. The normalized spacial score (nSPS) is 10.7. The van der Waals surface area contributed by atoms with Gasteiger partial charge in [-0.1, -0.05) is 30.0 Å². The van der Waals surface area contributed by atoms with Crippen molar-refractivity contribution in [3.8, 4) is 11.4 Å². The van der Waals surface area contributed by atoms with Crippen LogP contribution in [0, 0.1) is 13.8 Å². The molecule has 0 spiro atoms. The zero-order valence-corrected chi connectivity index (χ0v) is 18.2. The Morgan fingerprint density at radius 1 is 1.31 bits per heavy atom. The minimum absolute atomic E-state index is 0.0421. The van der Waals surface area contributed by atoms with Crippen LogP contribution < -0.4 is 5.32 Å². The highest BCUT2D eigenvalue weighted by atomic mass is 32.2. The maximum atomic E-state index is 12.4. The fraction of sp³-hybridized carbons (Fsp3) is 0.238. The van der Waals surface area contributed by atoms with E-state index >= 15 is 0 Å². The number of thioether (sulfide) groups is 1. The molecule has 1 aromatic carbocycles. The van der Waals surface area contributed by atoms with Gasteiger partial charge in [0.2, 0.25) is 5.91 Å². The summed E-state index contributed by atoms with van der Waals surface area (Å²) in [6, 6.07) is 6.90. The van der Waals surface area contributed by atoms with Crippen molar-refractivity contribution >= 4 is 40.5 Å². The maximum absolute atomic E-state index is 12.4. The number of amides is 1. The molecule has 2 heterocycles.